The average molecular weight is 268 g/mol. The van der Waals surface area contributed by atoms with Gasteiger partial charge in [-0.05, 0) is 19.1 Å². The molecule has 5 nitrogen and oxygen atoms in total. The number of nitrogens with one attached hydrogen (secondary N) is 1. The lowest BCUT2D eigenvalue weighted by Crippen LogP contribution is -2.37. The largest absolute Gasteiger partial charge is 0.492 e. The first-order chi connectivity index (χ1) is 9.11. The van der Waals surface area contributed by atoms with Gasteiger partial charge in [0, 0.05) is 12.1 Å². The summed E-state index contributed by atoms with van der Waals surface area (Å²) in [6.45, 7) is 2.85. The second-order valence-corrected chi connectivity index (χ2v) is 4.37. The van der Waals surface area contributed by atoms with Gasteiger partial charge in [-0.15, -0.1) is 0 Å². The van der Waals surface area contributed by atoms with Crippen molar-refractivity contribution in [3.63, 3.8) is 0 Å². The Morgan fingerprint density at radius 1 is 1.58 bits per heavy atom. The number of rotatable bonds is 4. The molecule has 0 spiro atoms. The quantitative estimate of drug-likeness (QED) is 0.858. The van der Waals surface area contributed by atoms with Crippen LogP contribution in [0.25, 0.3) is 0 Å². The first-order valence-corrected chi connectivity index (χ1v) is 6.18. The maximum atomic E-state index is 13.1. The minimum Gasteiger partial charge on any atom is -0.492 e. The minimum atomic E-state index is -0.414. The van der Waals surface area contributed by atoms with E-state index in [0.717, 1.165) is 0 Å². The summed E-state index contributed by atoms with van der Waals surface area (Å²) in [6.07, 6.45) is 0. The van der Waals surface area contributed by atoms with Crippen LogP contribution in [0.5, 0.6) is 5.75 Å². The Labute approximate surface area is 110 Å². The lowest BCUT2D eigenvalue weighted by molar-refractivity contribution is -0.120. The van der Waals surface area contributed by atoms with Crippen molar-refractivity contribution in [1.29, 1.82) is 0 Å². The topological polar surface area (TPSA) is 73.6 Å². The van der Waals surface area contributed by atoms with E-state index in [1.807, 2.05) is 0 Å². The molecule has 19 heavy (non-hydrogen) atoms. The Hall–Kier alpha value is -1.66. The third kappa shape index (κ3) is 3.21. The van der Waals surface area contributed by atoms with Crippen molar-refractivity contribution >= 4 is 11.6 Å². The highest BCUT2D eigenvalue weighted by atomic mass is 19.1. The summed E-state index contributed by atoms with van der Waals surface area (Å²) in [6, 6.07) is 3.67. The molecule has 104 valence electrons. The number of benzene rings is 1. The molecule has 1 aromatic rings. The SMILES string of the molecule is CCOc1cc(F)ccc1NC(=O)C1COCC1N. The number of carbonyl (C=O) groups excluding carboxylic acids is 1. The van der Waals surface area contributed by atoms with Gasteiger partial charge in [0.15, 0.2) is 0 Å². The van der Waals surface area contributed by atoms with E-state index in [9.17, 15) is 9.18 Å². The standard InChI is InChI=1S/C13H17FN2O3/c1-2-19-12-5-8(14)3-4-11(12)16-13(17)9-6-18-7-10(9)15/h3-5,9-10H,2,6-7,15H2,1H3,(H,16,17). The minimum absolute atomic E-state index is 0.238. The van der Waals surface area contributed by atoms with Gasteiger partial charge >= 0.3 is 0 Å². The Bertz CT molecular complexity index is 467. The van der Waals surface area contributed by atoms with Gasteiger partial charge in [0.2, 0.25) is 5.91 Å². The van der Waals surface area contributed by atoms with E-state index in [4.69, 9.17) is 15.2 Å². The molecule has 1 fully saturated rings. The van der Waals surface area contributed by atoms with Gasteiger partial charge < -0.3 is 20.5 Å². The molecule has 2 rings (SSSR count). The number of hydrogen-bond donors (Lipinski definition) is 2. The maximum absolute atomic E-state index is 13.1. The fourth-order valence-corrected chi connectivity index (χ4v) is 1.94. The highest BCUT2D eigenvalue weighted by molar-refractivity contribution is 5.94. The van der Waals surface area contributed by atoms with Crippen molar-refractivity contribution in [2.45, 2.75) is 13.0 Å². The van der Waals surface area contributed by atoms with E-state index in [2.05, 4.69) is 5.32 Å². The second kappa shape index (κ2) is 5.99. The Balaban J connectivity index is 2.11. The van der Waals surface area contributed by atoms with Crippen LogP contribution in [0.3, 0.4) is 0 Å². The summed E-state index contributed by atoms with van der Waals surface area (Å²) in [7, 11) is 0. The highest BCUT2D eigenvalue weighted by Gasteiger charge is 2.31. The third-order valence-corrected chi connectivity index (χ3v) is 2.96. The van der Waals surface area contributed by atoms with Gasteiger partial charge in [-0.1, -0.05) is 0 Å². The van der Waals surface area contributed by atoms with Crippen molar-refractivity contribution in [2.24, 2.45) is 11.7 Å². The van der Waals surface area contributed by atoms with Crippen LogP contribution in [0.1, 0.15) is 6.92 Å². The molecule has 0 bridgehead atoms. The summed E-state index contributed by atoms with van der Waals surface area (Å²) >= 11 is 0. The van der Waals surface area contributed by atoms with Crippen LogP contribution < -0.4 is 15.8 Å². The molecule has 3 N–H and O–H groups in total. The first kappa shape index (κ1) is 13.8. The van der Waals surface area contributed by atoms with Gasteiger partial charge in [0.25, 0.3) is 0 Å². The Kier molecular flexibility index (Phi) is 4.34. The number of nitrogens with two attached hydrogens (primary N) is 1. The summed E-state index contributed by atoms with van der Waals surface area (Å²) in [4.78, 5) is 12.0. The lowest BCUT2D eigenvalue weighted by atomic mass is 10.0. The molecule has 1 aliphatic rings. The van der Waals surface area contributed by atoms with Gasteiger partial charge in [-0.2, -0.15) is 0 Å². The van der Waals surface area contributed by atoms with Gasteiger partial charge in [-0.25, -0.2) is 4.39 Å². The van der Waals surface area contributed by atoms with Crippen LogP contribution in [-0.4, -0.2) is 31.8 Å². The van der Waals surface area contributed by atoms with Crippen molar-refractivity contribution in [3.05, 3.63) is 24.0 Å². The zero-order chi connectivity index (χ0) is 13.8. The molecule has 0 aliphatic carbocycles. The van der Waals surface area contributed by atoms with Crippen LogP contribution in [0.2, 0.25) is 0 Å². The highest BCUT2D eigenvalue weighted by Crippen LogP contribution is 2.26. The zero-order valence-corrected chi connectivity index (χ0v) is 10.7. The van der Waals surface area contributed by atoms with E-state index in [1.165, 1.54) is 18.2 Å². The van der Waals surface area contributed by atoms with E-state index in [0.29, 0.717) is 31.3 Å². The number of carbonyl (C=O) groups is 1. The Morgan fingerprint density at radius 3 is 3.00 bits per heavy atom. The van der Waals surface area contributed by atoms with Crippen LogP contribution in [0.15, 0.2) is 18.2 Å². The van der Waals surface area contributed by atoms with Crippen molar-refractivity contribution in [1.82, 2.24) is 0 Å². The predicted octanol–water partition coefficient (Wildman–Crippen LogP) is 1.14. The van der Waals surface area contributed by atoms with Gasteiger partial charge in [-0.3, -0.25) is 4.79 Å². The van der Waals surface area contributed by atoms with Crippen LogP contribution in [0, 0.1) is 11.7 Å². The Morgan fingerprint density at radius 2 is 2.37 bits per heavy atom. The van der Waals surface area contributed by atoms with E-state index in [1.54, 1.807) is 6.92 Å². The first-order valence-electron chi connectivity index (χ1n) is 6.18. The van der Waals surface area contributed by atoms with Gasteiger partial charge in [0.1, 0.15) is 11.6 Å². The third-order valence-electron chi connectivity index (χ3n) is 2.96. The fourth-order valence-electron chi connectivity index (χ4n) is 1.94. The van der Waals surface area contributed by atoms with Crippen LogP contribution in [-0.2, 0) is 9.53 Å². The van der Waals surface area contributed by atoms with Crippen molar-refractivity contribution < 1.29 is 18.7 Å². The number of ether oxygens (including phenoxy) is 2. The fraction of sp³-hybridized carbons (Fsp3) is 0.462. The molecular formula is C13H17FN2O3. The van der Waals surface area contributed by atoms with Crippen molar-refractivity contribution in [2.75, 3.05) is 25.1 Å². The van der Waals surface area contributed by atoms with Crippen molar-refractivity contribution in [3.8, 4) is 5.75 Å². The van der Waals surface area contributed by atoms with E-state index >= 15 is 0 Å². The molecule has 1 aromatic carbocycles. The number of hydrogen-bond acceptors (Lipinski definition) is 4. The molecule has 1 amide bonds. The predicted molar refractivity (Wildman–Crippen MR) is 68.5 cm³/mol. The normalized spacial score (nSPS) is 22.3. The summed E-state index contributed by atoms with van der Waals surface area (Å²) in [5, 5.41) is 2.70. The molecule has 1 aliphatic heterocycles. The van der Waals surface area contributed by atoms with Crippen LogP contribution >= 0.6 is 0 Å². The number of halogens is 1. The second-order valence-electron chi connectivity index (χ2n) is 4.37. The molecule has 0 radical (unpaired) electrons. The molecule has 1 heterocycles. The van der Waals surface area contributed by atoms with E-state index < -0.39 is 5.82 Å². The zero-order valence-electron chi connectivity index (χ0n) is 10.7. The summed E-state index contributed by atoms with van der Waals surface area (Å²) in [5.41, 5.74) is 6.21. The van der Waals surface area contributed by atoms with Gasteiger partial charge in [0.05, 0.1) is 31.4 Å². The molecule has 6 heteroatoms. The average Bonchev–Trinajstić information content (AvgIpc) is 2.79. The molecule has 2 unspecified atom stereocenters. The van der Waals surface area contributed by atoms with Crippen LogP contribution in [0.4, 0.5) is 10.1 Å². The lowest BCUT2D eigenvalue weighted by Gasteiger charge is -2.16. The maximum Gasteiger partial charge on any atom is 0.231 e. The molecule has 1 saturated heterocycles. The summed E-state index contributed by atoms with van der Waals surface area (Å²) in [5.74, 6) is -0.734. The molecule has 0 aromatic heterocycles. The van der Waals surface area contributed by atoms with E-state index in [-0.39, 0.29) is 17.9 Å². The monoisotopic (exact) mass is 268 g/mol. The number of amides is 1. The molecular weight excluding hydrogens is 251 g/mol. The summed E-state index contributed by atoms with van der Waals surface area (Å²) < 4.78 is 23.6. The molecule has 0 saturated carbocycles. The smallest absolute Gasteiger partial charge is 0.231 e. The number of anilines is 1. The molecule has 2 atom stereocenters.